The zero-order chi connectivity index (χ0) is 24.1. The molecule has 0 aromatic heterocycles. The number of hydrogen-bond acceptors (Lipinski definition) is 6. The molecule has 0 unspecified atom stereocenters. The molecule has 2 aliphatic heterocycles. The highest BCUT2D eigenvalue weighted by Gasteiger charge is 2.42. The van der Waals surface area contributed by atoms with Crippen molar-refractivity contribution in [1.29, 1.82) is 0 Å². The predicted octanol–water partition coefficient (Wildman–Crippen LogP) is 3.46. The van der Waals surface area contributed by atoms with E-state index in [9.17, 15) is 10.2 Å². The average Bonchev–Trinajstić information content (AvgIpc) is 3.33. The van der Waals surface area contributed by atoms with Crippen molar-refractivity contribution < 1.29 is 19.7 Å². The van der Waals surface area contributed by atoms with Crippen LogP contribution in [0.5, 0.6) is 11.5 Å². The molecule has 6 heteroatoms. The molecule has 2 atom stereocenters. The number of rotatable bonds is 9. The van der Waals surface area contributed by atoms with Crippen LogP contribution in [0.1, 0.15) is 41.5 Å². The van der Waals surface area contributed by atoms with Gasteiger partial charge in [-0.3, -0.25) is 9.80 Å². The highest BCUT2D eigenvalue weighted by atomic mass is 16.5. The number of aryl methyl sites for hydroxylation is 2. The number of benzene rings is 2. The Morgan fingerprint density at radius 3 is 2.44 bits per heavy atom. The number of piperidine rings is 1. The molecule has 0 bridgehead atoms. The van der Waals surface area contributed by atoms with Gasteiger partial charge >= 0.3 is 0 Å². The number of hydrogen-bond donors (Lipinski definition) is 2. The normalized spacial score (nSPS) is 23.9. The van der Waals surface area contributed by atoms with E-state index in [1.54, 1.807) is 0 Å². The molecule has 2 aromatic rings. The van der Waals surface area contributed by atoms with Gasteiger partial charge < -0.3 is 19.7 Å². The predicted molar refractivity (Wildman–Crippen MR) is 135 cm³/mol. The first-order valence-electron chi connectivity index (χ1n) is 12.6. The lowest BCUT2D eigenvalue weighted by Crippen LogP contribution is -2.59. The van der Waals surface area contributed by atoms with Gasteiger partial charge in [0.2, 0.25) is 0 Å². The van der Waals surface area contributed by atoms with Crippen molar-refractivity contribution in [1.82, 2.24) is 9.80 Å². The minimum absolute atomic E-state index is 0.0677. The van der Waals surface area contributed by atoms with E-state index in [1.165, 1.54) is 25.9 Å². The minimum Gasteiger partial charge on any atom is -0.492 e. The third kappa shape index (κ3) is 6.30. The highest BCUT2D eigenvalue weighted by Crippen LogP contribution is 2.28. The summed E-state index contributed by atoms with van der Waals surface area (Å²) in [5.41, 5.74) is 3.22. The molecule has 0 amide bonds. The first-order valence-corrected chi connectivity index (χ1v) is 12.6. The Balaban J connectivity index is 1.30. The summed E-state index contributed by atoms with van der Waals surface area (Å²) in [4.78, 5) is 4.64. The smallest absolute Gasteiger partial charge is 0.137 e. The second-order valence-corrected chi connectivity index (χ2v) is 10.2. The third-order valence-electron chi connectivity index (χ3n) is 7.28. The van der Waals surface area contributed by atoms with Crippen molar-refractivity contribution in [3.8, 4) is 11.5 Å². The van der Waals surface area contributed by atoms with Crippen molar-refractivity contribution in [3.63, 3.8) is 0 Å². The number of nitrogens with zero attached hydrogens (tertiary/aromatic N) is 2. The molecule has 2 aromatic carbocycles. The van der Waals surface area contributed by atoms with E-state index >= 15 is 0 Å². The van der Waals surface area contributed by atoms with Gasteiger partial charge in [0.1, 0.15) is 30.3 Å². The molecule has 0 radical (unpaired) electrons. The van der Waals surface area contributed by atoms with Crippen molar-refractivity contribution in [2.75, 3.05) is 45.9 Å². The standard InChI is InChI=1S/C28H40N2O4/c1-21-16-22(2)23(3)26(17-21)34-20-28(32)19-30(13-10-27(28)31)18-24-6-8-25(9-7-24)33-15-14-29-11-4-5-12-29/h6-9,16-17,27,31-32H,4-5,10-15,18-20H2,1-3H3/t27-,28-/m0/s1. The number of aliphatic hydroxyl groups is 2. The fraction of sp³-hybridized carbons (Fsp3) is 0.571. The highest BCUT2D eigenvalue weighted by molar-refractivity contribution is 5.42. The maximum absolute atomic E-state index is 11.3. The van der Waals surface area contributed by atoms with Crippen LogP contribution in [0.15, 0.2) is 36.4 Å². The molecule has 2 heterocycles. The van der Waals surface area contributed by atoms with E-state index < -0.39 is 11.7 Å². The van der Waals surface area contributed by atoms with Gasteiger partial charge in [-0.25, -0.2) is 0 Å². The number of ether oxygens (including phenoxy) is 2. The Morgan fingerprint density at radius 1 is 0.971 bits per heavy atom. The molecular formula is C28H40N2O4. The maximum Gasteiger partial charge on any atom is 0.137 e. The Hall–Kier alpha value is -2.12. The first-order chi connectivity index (χ1) is 16.3. The van der Waals surface area contributed by atoms with Gasteiger partial charge in [-0.05, 0) is 93.6 Å². The SMILES string of the molecule is Cc1cc(C)c(C)c(OC[C@@]2(O)CN(Cc3ccc(OCCN4CCCC4)cc3)CC[C@@H]2O)c1. The van der Waals surface area contributed by atoms with E-state index in [-0.39, 0.29) is 6.61 Å². The molecule has 0 aliphatic carbocycles. The molecule has 0 saturated carbocycles. The molecule has 2 fully saturated rings. The molecule has 2 aliphatic rings. The third-order valence-corrected chi connectivity index (χ3v) is 7.28. The van der Waals surface area contributed by atoms with Gasteiger partial charge in [-0.15, -0.1) is 0 Å². The van der Waals surface area contributed by atoms with Crippen LogP contribution >= 0.6 is 0 Å². The second kappa shape index (κ2) is 11.1. The van der Waals surface area contributed by atoms with Gasteiger partial charge in [-0.2, -0.15) is 0 Å². The van der Waals surface area contributed by atoms with Crippen LogP contribution in [0.2, 0.25) is 0 Å². The molecule has 34 heavy (non-hydrogen) atoms. The summed E-state index contributed by atoms with van der Waals surface area (Å²) in [5, 5.41) is 21.9. The summed E-state index contributed by atoms with van der Waals surface area (Å²) in [5.74, 6) is 1.67. The summed E-state index contributed by atoms with van der Waals surface area (Å²) in [7, 11) is 0. The molecular weight excluding hydrogens is 428 g/mol. The van der Waals surface area contributed by atoms with E-state index in [1.807, 2.05) is 32.0 Å². The summed E-state index contributed by atoms with van der Waals surface area (Å²) in [6.45, 7) is 12.1. The van der Waals surface area contributed by atoms with Gasteiger partial charge in [0.15, 0.2) is 0 Å². The van der Waals surface area contributed by atoms with Crippen LogP contribution in [0.25, 0.3) is 0 Å². The molecule has 4 rings (SSSR count). The Bertz CT molecular complexity index is 942. The number of aliphatic hydroxyl groups excluding tert-OH is 1. The zero-order valence-corrected chi connectivity index (χ0v) is 20.9. The fourth-order valence-corrected chi connectivity index (χ4v) is 5.02. The van der Waals surface area contributed by atoms with Gasteiger partial charge in [0.25, 0.3) is 0 Å². The van der Waals surface area contributed by atoms with Crippen LogP contribution < -0.4 is 9.47 Å². The molecule has 186 valence electrons. The second-order valence-electron chi connectivity index (χ2n) is 10.2. The van der Waals surface area contributed by atoms with E-state index in [2.05, 4.69) is 34.9 Å². The Labute approximate surface area is 204 Å². The van der Waals surface area contributed by atoms with E-state index in [0.717, 1.165) is 53.4 Å². The van der Waals surface area contributed by atoms with Crippen molar-refractivity contribution in [3.05, 3.63) is 58.7 Å². The van der Waals surface area contributed by atoms with Crippen LogP contribution in [0, 0.1) is 20.8 Å². The molecule has 2 saturated heterocycles. The molecule has 2 N–H and O–H groups in total. The van der Waals surface area contributed by atoms with Crippen LogP contribution in [-0.2, 0) is 6.54 Å². The summed E-state index contributed by atoms with van der Waals surface area (Å²) >= 11 is 0. The largest absolute Gasteiger partial charge is 0.492 e. The van der Waals surface area contributed by atoms with Crippen LogP contribution in [0.4, 0.5) is 0 Å². The lowest BCUT2D eigenvalue weighted by Gasteiger charge is -2.42. The van der Waals surface area contributed by atoms with Gasteiger partial charge in [0.05, 0.1) is 6.10 Å². The van der Waals surface area contributed by atoms with Crippen LogP contribution in [0.3, 0.4) is 0 Å². The van der Waals surface area contributed by atoms with Gasteiger partial charge in [0, 0.05) is 26.2 Å². The van der Waals surface area contributed by atoms with Gasteiger partial charge in [-0.1, -0.05) is 18.2 Å². The fourth-order valence-electron chi connectivity index (χ4n) is 5.02. The molecule has 6 nitrogen and oxygen atoms in total. The maximum atomic E-state index is 11.3. The number of β-amino-alcohol motifs (C(OH)–C–C–N with tert-alkyl or cyclic N) is 1. The van der Waals surface area contributed by atoms with E-state index in [0.29, 0.717) is 19.5 Å². The monoisotopic (exact) mass is 468 g/mol. The lowest BCUT2D eigenvalue weighted by molar-refractivity contribution is -0.140. The summed E-state index contributed by atoms with van der Waals surface area (Å²) in [6.07, 6.45) is 2.31. The summed E-state index contributed by atoms with van der Waals surface area (Å²) < 4.78 is 12.0. The number of likely N-dealkylation sites (tertiary alicyclic amines) is 2. The Morgan fingerprint density at radius 2 is 1.71 bits per heavy atom. The topological polar surface area (TPSA) is 65.4 Å². The lowest BCUT2D eigenvalue weighted by atomic mass is 9.90. The summed E-state index contributed by atoms with van der Waals surface area (Å²) in [6, 6.07) is 12.3. The first kappa shape index (κ1) is 25.0. The Kier molecular flexibility index (Phi) is 8.14. The van der Waals surface area contributed by atoms with E-state index in [4.69, 9.17) is 9.47 Å². The van der Waals surface area contributed by atoms with Crippen molar-refractivity contribution >= 4 is 0 Å². The zero-order valence-electron chi connectivity index (χ0n) is 20.9. The molecule has 0 spiro atoms. The van der Waals surface area contributed by atoms with Crippen molar-refractivity contribution in [2.45, 2.75) is 58.3 Å². The minimum atomic E-state index is -1.30. The van der Waals surface area contributed by atoms with Crippen LogP contribution in [-0.4, -0.2) is 77.7 Å². The quantitative estimate of drug-likeness (QED) is 0.588. The average molecular weight is 469 g/mol. The van der Waals surface area contributed by atoms with Crippen molar-refractivity contribution in [2.24, 2.45) is 0 Å².